The average molecular weight is 285 g/mol. The number of aliphatic imine (C=N–C) groups is 1. The molecule has 3 N–H and O–H groups in total. The van der Waals surface area contributed by atoms with Crippen molar-refractivity contribution in [2.75, 3.05) is 7.05 Å². The Labute approximate surface area is 113 Å². The summed E-state index contributed by atoms with van der Waals surface area (Å²) in [5, 5.41) is 3.99. The molecule has 1 amide bonds. The predicted molar refractivity (Wildman–Crippen MR) is 73.1 cm³/mol. The van der Waals surface area contributed by atoms with Crippen LogP contribution in [-0.4, -0.2) is 23.9 Å². The topological polar surface area (TPSA) is 69.3 Å². The van der Waals surface area contributed by atoms with Gasteiger partial charge in [-0.25, -0.2) is 0 Å². The molecule has 1 aromatic carbocycles. The lowest BCUT2D eigenvalue weighted by Gasteiger charge is -2.03. The molecular formula is C11H10Cl2N4O. The molecule has 0 fully saturated rings. The molecule has 1 heterocycles. The molecule has 0 bridgehead atoms. The van der Waals surface area contributed by atoms with Crippen molar-refractivity contribution in [3.63, 3.8) is 0 Å². The fourth-order valence-electron chi connectivity index (χ4n) is 1.52. The predicted octanol–water partition coefficient (Wildman–Crippen LogP) is 2.28. The quantitative estimate of drug-likeness (QED) is 0.427. The second-order valence-electron chi connectivity index (χ2n) is 3.54. The SMILES string of the molecule is CN=C(NCl)NC(=O)c1cc2cc(Cl)ccc2[nH]1. The lowest BCUT2D eigenvalue weighted by atomic mass is 10.2. The van der Waals surface area contributed by atoms with Gasteiger partial charge in [0, 0.05) is 34.7 Å². The summed E-state index contributed by atoms with van der Waals surface area (Å²) < 4.78 is 0. The summed E-state index contributed by atoms with van der Waals surface area (Å²) in [6, 6.07) is 7.04. The molecule has 1 aromatic heterocycles. The molecule has 0 spiro atoms. The first-order chi connectivity index (χ1) is 8.63. The van der Waals surface area contributed by atoms with Gasteiger partial charge in [-0.15, -0.1) is 0 Å². The lowest BCUT2D eigenvalue weighted by molar-refractivity contribution is 0.0972. The van der Waals surface area contributed by atoms with Crippen LogP contribution in [0.3, 0.4) is 0 Å². The summed E-state index contributed by atoms with van der Waals surface area (Å²) in [6.45, 7) is 0. The van der Waals surface area contributed by atoms with Crippen molar-refractivity contribution >= 4 is 46.1 Å². The minimum Gasteiger partial charge on any atom is -0.351 e. The highest BCUT2D eigenvalue weighted by Gasteiger charge is 2.11. The summed E-state index contributed by atoms with van der Waals surface area (Å²) in [4.78, 5) is 20.8. The molecule has 0 saturated heterocycles. The fraction of sp³-hybridized carbons (Fsp3) is 0.0909. The monoisotopic (exact) mass is 284 g/mol. The average Bonchev–Trinajstić information content (AvgIpc) is 2.78. The van der Waals surface area contributed by atoms with Gasteiger partial charge in [-0.1, -0.05) is 11.6 Å². The van der Waals surface area contributed by atoms with Crippen LogP contribution >= 0.6 is 23.4 Å². The number of amides is 1. The van der Waals surface area contributed by atoms with Crippen molar-refractivity contribution in [2.24, 2.45) is 4.99 Å². The smallest absolute Gasteiger partial charge is 0.274 e. The van der Waals surface area contributed by atoms with E-state index in [1.165, 1.54) is 7.05 Å². The van der Waals surface area contributed by atoms with E-state index in [1.54, 1.807) is 18.2 Å². The van der Waals surface area contributed by atoms with Crippen molar-refractivity contribution in [3.05, 3.63) is 35.0 Å². The van der Waals surface area contributed by atoms with E-state index < -0.39 is 0 Å². The van der Waals surface area contributed by atoms with Crippen molar-refractivity contribution in [3.8, 4) is 0 Å². The number of nitrogens with one attached hydrogen (secondary N) is 3. The van der Waals surface area contributed by atoms with E-state index in [-0.39, 0.29) is 11.9 Å². The maximum absolute atomic E-state index is 11.9. The van der Waals surface area contributed by atoms with Crippen LogP contribution in [0.5, 0.6) is 0 Å². The third-order valence-corrected chi connectivity index (χ3v) is 2.79. The molecule has 0 unspecified atom stereocenters. The highest BCUT2D eigenvalue weighted by molar-refractivity contribution is 6.31. The number of aromatic amines is 1. The van der Waals surface area contributed by atoms with E-state index in [9.17, 15) is 4.79 Å². The molecule has 0 aliphatic rings. The molecule has 2 rings (SSSR count). The number of guanidine groups is 1. The van der Waals surface area contributed by atoms with Crippen LogP contribution in [0.15, 0.2) is 29.3 Å². The number of rotatable bonds is 1. The molecule has 5 nitrogen and oxygen atoms in total. The van der Waals surface area contributed by atoms with Gasteiger partial charge in [-0.05, 0) is 24.3 Å². The Kier molecular flexibility index (Phi) is 3.74. The Bertz CT molecular complexity index is 621. The molecule has 0 aliphatic carbocycles. The van der Waals surface area contributed by atoms with E-state index in [0.717, 1.165) is 10.9 Å². The zero-order valence-electron chi connectivity index (χ0n) is 9.42. The maximum atomic E-state index is 11.9. The summed E-state index contributed by atoms with van der Waals surface area (Å²) >= 11 is 11.3. The zero-order chi connectivity index (χ0) is 13.1. The molecule has 0 atom stereocenters. The molecule has 0 radical (unpaired) electrons. The van der Waals surface area contributed by atoms with Crippen LogP contribution in [-0.2, 0) is 0 Å². The number of aromatic nitrogens is 1. The van der Waals surface area contributed by atoms with Crippen LogP contribution < -0.4 is 10.2 Å². The van der Waals surface area contributed by atoms with Crippen LogP contribution in [0.2, 0.25) is 5.02 Å². The van der Waals surface area contributed by atoms with Crippen molar-refractivity contribution < 1.29 is 4.79 Å². The molecule has 7 heteroatoms. The van der Waals surface area contributed by atoms with Gasteiger partial charge in [0.25, 0.3) is 5.91 Å². The van der Waals surface area contributed by atoms with E-state index in [2.05, 4.69) is 20.1 Å². The summed E-state index contributed by atoms with van der Waals surface area (Å²) in [5.74, 6) is -0.158. The van der Waals surface area contributed by atoms with Gasteiger partial charge in [0.1, 0.15) is 5.69 Å². The Morgan fingerprint density at radius 2 is 2.17 bits per heavy atom. The first-order valence-electron chi connectivity index (χ1n) is 5.07. The number of halogens is 2. The molecule has 94 valence electrons. The highest BCUT2D eigenvalue weighted by atomic mass is 35.5. The minimum absolute atomic E-state index is 0.179. The van der Waals surface area contributed by atoms with Crippen molar-refractivity contribution in [1.82, 2.24) is 15.1 Å². The summed E-state index contributed by atoms with van der Waals surface area (Å²) in [7, 11) is 1.51. The molecule has 18 heavy (non-hydrogen) atoms. The Hall–Kier alpha value is -1.72. The minimum atomic E-state index is -0.337. The van der Waals surface area contributed by atoms with E-state index in [0.29, 0.717) is 10.7 Å². The largest absolute Gasteiger partial charge is 0.351 e. The number of H-pyrrole nitrogens is 1. The molecule has 2 aromatic rings. The van der Waals surface area contributed by atoms with Crippen LogP contribution in [0.25, 0.3) is 10.9 Å². The van der Waals surface area contributed by atoms with Gasteiger partial charge in [0.05, 0.1) is 0 Å². The number of hydrogen-bond acceptors (Lipinski definition) is 2. The second-order valence-corrected chi connectivity index (χ2v) is 4.16. The van der Waals surface area contributed by atoms with Gasteiger partial charge in [0.15, 0.2) is 0 Å². The van der Waals surface area contributed by atoms with Crippen LogP contribution in [0.4, 0.5) is 0 Å². The van der Waals surface area contributed by atoms with Crippen LogP contribution in [0.1, 0.15) is 10.5 Å². The fourth-order valence-corrected chi connectivity index (χ4v) is 1.83. The van der Waals surface area contributed by atoms with Gasteiger partial charge < -0.3 is 4.98 Å². The maximum Gasteiger partial charge on any atom is 0.274 e. The molecule has 0 saturated carbocycles. The number of benzene rings is 1. The Morgan fingerprint density at radius 1 is 1.39 bits per heavy atom. The van der Waals surface area contributed by atoms with Gasteiger partial charge >= 0.3 is 0 Å². The first-order valence-corrected chi connectivity index (χ1v) is 5.82. The number of carbonyl (C=O) groups excluding carboxylic acids is 1. The van der Waals surface area contributed by atoms with E-state index in [1.807, 2.05) is 6.07 Å². The van der Waals surface area contributed by atoms with Crippen molar-refractivity contribution in [2.45, 2.75) is 0 Å². The summed E-state index contributed by atoms with van der Waals surface area (Å²) in [6.07, 6.45) is 0. The van der Waals surface area contributed by atoms with Crippen molar-refractivity contribution in [1.29, 1.82) is 0 Å². The third kappa shape index (κ3) is 2.57. The number of hydrogen-bond donors (Lipinski definition) is 3. The number of carbonyl (C=O) groups is 1. The number of nitrogens with zero attached hydrogens (tertiary/aromatic N) is 1. The van der Waals surface area contributed by atoms with Crippen LogP contribution in [0, 0.1) is 0 Å². The molecule has 0 aliphatic heterocycles. The normalized spacial score (nSPS) is 11.6. The summed E-state index contributed by atoms with van der Waals surface area (Å²) in [5.41, 5.74) is 1.23. The standard InChI is InChI=1S/C11H10Cl2N4O/c1-14-11(17-13)16-10(18)9-5-6-4-7(12)2-3-8(6)15-9/h2-5,15H,1H3,(H2,14,16,17,18). The number of fused-ring (bicyclic) bond motifs is 1. The van der Waals surface area contributed by atoms with Gasteiger partial charge in [-0.2, -0.15) is 0 Å². The van der Waals surface area contributed by atoms with Gasteiger partial charge in [0.2, 0.25) is 5.96 Å². The Morgan fingerprint density at radius 3 is 2.83 bits per heavy atom. The highest BCUT2D eigenvalue weighted by Crippen LogP contribution is 2.19. The first kappa shape index (κ1) is 12.7. The molecular weight excluding hydrogens is 275 g/mol. The second kappa shape index (κ2) is 5.29. The lowest BCUT2D eigenvalue weighted by Crippen LogP contribution is -2.36. The van der Waals surface area contributed by atoms with Gasteiger partial charge in [-0.3, -0.25) is 19.9 Å². The van der Waals surface area contributed by atoms with E-state index >= 15 is 0 Å². The Balaban J connectivity index is 2.28. The third-order valence-electron chi connectivity index (χ3n) is 2.37. The zero-order valence-corrected chi connectivity index (χ0v) is 10.9. The van der Waals surface area contributed by atoms with E-state index in [4.69, 9.17) is 23.4 Å².